The van der Waals surface area contributed by atoms with Gasteiger partial charge in [-0.05, 0) is 50.7 Å². The molecular formula is C17H21N3O2. The first kappa shape index (κ1) is 13.8. The second kappa shape index (κ2) is 4.81. The van der Waals surface area contributed by atoms with E-state index in [4.69, 9.17) is 0 Å². The van der Waals surface area contributed by atoms with Crippen LogP contribution in [-0.2, 0) is 0 Å². The maximum Gasteiger partial charge on any atom is 0.272 e. The third kappa shape index (κ3) is 2.20. The molecule has 2 aromatic heterocycles. The van der Waals surface area contributed by atoms with Gasteiger partial charge in [-0.1, -0.05) is 6.07 Å². The lowest BCUT2D eigenvalue weighted by molar-refractivity contribution is 0.0821. The van der Waals surface area contributed by atoms with Crippen molar-refractivity contribution in [3.63, 3.8) is 0 Å². The summed E-state index contributed by atoms with van der Waals surface area (Å²) in [6.07, 6.45) is 6.39. The first-order chi connectivity index (χ1) is 10.6. The van der Waals surface area contributed by atoms with Crippen LogP contribution in [0, 0.1) is 5.92 Å². The summed E-state index contributed by atoms with van der Waals surface area (Å²) < 4.78 is 2.03. The summed E-state index contributed by atoms with van der Waals surface area (Å²) in [6.45, 7) is 1.88. The number of carbonyl (C=O) groups is 1. The molecule has 0 spiro atoms. The van der Waals surface area contributed by atoms with Crippen molar-refractivity contribution < 1.29 is 9.90 Å². The zero-order valence-corrected chi connectivity index (χ0v) is 12.7. The van der Waals surface area contributed by atoms with E-state index in [1.54, 1.807) is 0 Å². The molecule has 1 amide bonds. The molecule has 116 valence electrons. The number of rotatable bonds is 5. The number of nitrogens with zero attached hydrogens (tertiary/aromatic N) is 2. The average Bonchev–Trinajstić information content (AvgIpc) is 3.42. The van der Waals surface area contributed by atoms with Crippen LogP contribution in [0.1, 0.15) is 54.8 Å². The van der Waals surface area contributed by atoms with Crippen molar-refractivity contribution in [1.29, 1.82) is 0 Å². The van der Waals surface area contributed by atoms with Gasteiger partial charge in [-0.3, -0.25) is 4.79 Å². The lowest BCUT2D eigenvalue weighted by Gasteiger charge is -2.28. The van der Waals surface area contributed by atoms with E-state index in [2.05, 4.69) is 10.3 Å². The van der Waals surface area contributed by atoms with Gasteiger partial charge in [-0.2, -0.15) is 0 Å². The maximum atomic E-state index is 12.7. The summed E-state index contributed by atoms with van der Waals surface area (Å²) in [6, 6.07) is 5.82. The Balaban J connectivity index is 1.69. The van der Waals surface area contributed by atoms with Crippen molar-refractivity contribution in [3.05, 3.63) is 35.9 Å². The number of pyridine rings is 1. The quantitative estimate of drug-likeness (QED) is 0.888. The fraction of sp³-hybridized carbons (Fsp3) is 0.529. The van der Waals surface area contributed by atoms with Gasteiger partial charge in [0.1, 0.15) is 5.82 Å². The van der Waals surface area contributed by atoms with Crippen LogP contribution in [0.2, 0.25) is 0 Å². The normalized spacial score (nSPS) is 20.8. The van der Waals surface area contributed by atoms with Crippen molar-refractivity contribution in [3.8, 4) is 0 Å². The Morgan fingerprint density at radius 2 is 2.18 bits per heavy atom. The minimum Gasteiger partial charge on any atom is -0.394 e. The van der Waals surface area contributed by atoms with E-state index in [9.17, 15) is 9.90 Å². The lowest BCUT2D eigenvalue weighted by Crippen LogP contribution is -2.50. The number of aliphatic hydroxyl groups is 1. The summed E-state index contributed by atoms with van der Waals surface area (Å²) in [4.78, 5) is 17.3. The summed E-state index contributed by atoms with van der Waals surface area (Å²) in [5, 5.41) is 12.7. The second-order valence-electron chi connectivity index (χ2n) is 6.85. The van der Waals surface area contributed by atoms with E-state index in [-0.39, 0.29) is 12.5 Å². The first-order valence-electron chi connectivity index (χ1n) is 8.03. The summed E-state index contributed by atoms with van der Waals surface area (Å²) >= 11 is 0. The number of carbonyl (C=O) groups excluding carboxylic acids is 1. The predicted octanol–water partition coefficient (Wildman–Crippen LogP) is 2.10. The van der Waals surface area contributed by atoms with Crippen LogP contribution in [0.25, 0.3) is 5.52 Å². The molecular weight excluding hydrogens is 278 g/mol. The van der Waals surface area contributed by atoms with Gasteiger partial charge in [0.2, 0.25) is 0 Å². The number of fused-ring (bicyclic) bond motifs is 1. The Morgan fingerprint density at radius 3 is 2.82 bits per heavy atom. The Labute approximate surface area is 129 Å². The Morgan fingerprint density at radius 1 is 1.41 bits per heavy atom. The van der Waals surface area contributed by atoms with E-state index in [1.165, 1.54) is 0 Å². The van der Waals surface area contributed by atoms with Gasteiger partial charge in [0, 0.05) is 12.1 Å². The molecule has 4 rings (SSSR count). The minimum absolute atomic E-state index is 0.0370. The minimum atomic E-state index is -0.540. The van der Waals surface area contributed by atoms with Crippen LogP contribution in [0.15, 0.2) is 24.4 Å². The van der Waals surface area contributed by atoms with Gasteiger partial charge in [0.15, 0.2) is 5.69 Å². The number of hydrogen-bond acceptors (Lipinski definition) is 3. The number of aliphatic hydroxyl groups excluding tert-OH is 1. The molecule has 2 saturated carbocycles. The molecule has 2 N–H and O–H groups in total. The standard InChI is InChI=1S/C17H21N3O2/c1-17(10-21,12-7-8-12)19-16(22)14-13-4-2-3-9-20(13)15(18-14)11-5-6-11/h2-4,9,11-12,21H,5-8,10H2,1H3,(H,19,22). The largest absolute Gasteiger partial charge is 0.394 e. The smallest absolute Gasteiger partial charge is 0.272 e. The van der Waals surface area contributed by atoms with Gasteiger partial charge in [0.05, 0.1) is 17.7 Å². The third-order valence-electron chi connectivity index (χ3n) is 4.94. The van der Waals surface area contributed by atoms with E-state index in [0.29, 0.717) is 17.5 Å². The van der Waals surface area contributed by atoms with Crippen LogP contribution in [0.4, 0.5) is 0 Å². The van der Waals surface area contributed by atoms with Crippen LogP contribution in [0.5, 0.6) is 0 Å². The Kier molecular flexibility index (Phi) is 3.01. The van der Waals surface area contributed by atoms with E-state index in [1.807, 2.05) is 35.7 Å². The van der Waals surface area contributed by atoms with Crippen molar-refractivity contribution in [1.82, 2.24) is 14.7 Å². The maximum absolute atomic E-state index is 12.7. The van der Waals surface area contributed by atoms with Gasteiger partial charge in [-0.25, -0.2) is 4.98 Å². The fourth-order valence-corrected chi connectivity index (χ4v) is 3.17. The zero-order chi connectivity index (χ0) is 15.3. The molecule has 2 aliphatic carbocycles. The van der Waals surface area contributed by atoms with Crippen LogP contribution in [0.3, 0.4) is 0 Å². The van der Waals surface area contributed by atoms with Gasteiger partial charge >= 0.3 is 0 Å². The molecule has 1 atom stereocenters. The number of hydrogen-bond donors (Lipinski definition) is 2. The van der Waals surface area contributed by atoms with E-state index < -0.39 is 5.54 Å². The van der Waals surface area contributed by atoms with Crippen molar-refractivity contribution in [2.75, 3.05) is 6.61 Å². The molecule has 0 aromatic carbocycles. The van der Waals surface area contributed by atoms with Crippen molar-refractivity contribution >= 4 is 11.4 Å². The first-order valence-corrected chi connectivity index (χ1v) is 8.03. The highest BCUT2D eigenvalue weighted by Gasteiger charge is 2.43. The zero-order valence-electron chi connectivity index (χ0n) is 12.7. The Hall–Kier alpha value is -1.88. The summed E-state index contributed by atoms with van der Waals surface area (Å²) in [5.74, 6) is 1.65. The van der Waals surface area contributed by atoms with Gasteiger partial charge < -0.3 is 14.8 Å². The molecule has 0 aliphatic heterocycles. The van der Waals surface area contributed by atoms with Gasteiger partial charge in [-0.15, -0.1) is 0 Å². The number of aromatic nitrogens is 2. The monoisotopic (exact) mass is 299 g/mol. The molecule has 1 unspecified atom stereocenters. The molecule has 2 heterocycles. The molecule has 0 radical (unpaired) electrons. The third-order valence-corrected chi connectivity index (χ3v) is 4.94. The number of amides is 1. The molecule has 2 aliphatic rings. The molecule has 2 aromatic rings. The van der Waals surface area contributed by atoms with Crippen molar-refractivity contribution in [2.24, 2.45) is 5.92 Å². The highest BCUT2D eigenvalue weighted by Crippen LogP contribution is 2.41. The number of imidazole rings is 1. The molecule has 5 nitrogen and oxygen atoms in total. The van der Waals surface area contributed by atoms with Crippen LogP contribution < -0.4 is 5.32 Å². The highest BCUT2D eigenvalue weighted by molar-refractivity contribution is 5.99. The average molecular weight is 299 g/mol. The van der Waals surface area contributed by atoms with Crippen molar-refractivity contribution in [2.45, 2.75) is 44.1 Å². The fourth-order valence-electron chi connectivity index (χ4n) is 3.17. The van der Waals surface area contributed by atoms with Gasteiger partial charge in [0.25, 0.3) is 5.91 Å². The van der Waals surface area contributed by atoms with Crippen LogP contribution in [-0.4, -0.2) is 32.5 Å². The SMILES string of the molecule is CC(CO)(NC(=O)c1nc(C2CC2)n2ccccc12)C1CC1. The molecule has 0 saturated heterocycles. The lowest BCUT2D eigenvalue weighted by atomic mass is 9.97. The molecule has 22 heavy (non-hydrogen) atoms. The second-order valence-corrected chi connectivity index (χ2v) is 6.85. The van der Waals surface area contributed by atoms with E-state index >= 15 is 0 Å². The summed E-state index contributed by atoms with van der Waals surface area (Å²) in [5.41, 5.74) is 0.780. The van der Waals surface area contributed by atoms with E-state index in [0.717, 1.165) is 37.0 Å². The molecule has 5 heteroatoms. The Bertz CT molecular complexity index is 731. The van der Waals surface area contributed by atoms with Crippen LogP contribution >= 0.6 is 0 Å². The summed E-state index contributed by atoms with van der Waals surface area (Å²) in [7, 11) is 0. The highest BCUT2D eigenvalue weighted by atomic mass is 16.3. The molecule has 2 fully saturated rings. The topological polar surface area (TPSA) is 66.6 Å². The predicted molar refractivity (Wildman–Crippen MR) is 82.8 cm³/mol. The number of nitrogens with one attached hydrogen (secondary N) is 1. The molecule has 0 bridgehead atoms.